The lowest BCUT2D eigenvalue weighted by Gasteiger charge is -2.15. The van der Waals surface area contributed by atoms with Crippen LogP contribution in [-0.2, 0) is 0 Å². The van der Waals surface area contributed by atoms with Crippen molar-refractivity contribution < 1.29 is 0 Å². The maximum atomic E-state index is 8.47. The molecule has 0 atom stereocenters. The van der Waals surface area contributed by atoms with Crippen LogP contribution in [0.25, 0.3) is 64.1 Å². The summed E-state index contributed by atoms with van der Waals surface area (Å²) < 4.78 is 2.37. The van der Waals surface area contributed by atoms with Crippen LogP contribution >= 0.6 is 11.3 Å². The van der Waals surface area contributed by atoms with Gasteiger partial charge in [0.2, 0.25) is 0 Å². The summed E-state index contributed by atoms with van der Waals surface area (Å²) in [7, 11) is 0. The van der Waals surface area contributed by atoms with Gasteiger partial charge in [0.15, 0.2) is 0 Å². The first-order chi connectivity index (χ1) is 17.7. The standard InChI is InChI=1S/C32H21N3S/c33-32(34)28-18-20(22-15-16-35-30-26-11-5-6-12-29(26)36-31(22)30)13-14-25(28)27-17-19-7-1-2-8-21(19)23-9-3-4-10-24(23)27/h1-18H,(H3,33,34). The molecule has 7 rings (SSSR count). The molecule has 4 heteroatoms. The highest BCUT2D eigenvalue weighted by atomic mass is 32.1. The molecule has 2 heterocycles. The van der Waals surface area contributed by atoms with Crippen LogP contribution in [0.2, 0.25) is 0 Å². The summed E-state index contributed by atoms with van der Waals surface area (Å²) in [6, 6.07) is 35.9. The summed E-state index contributed by atoms with van der Waals surface area (Å²) in [5.41, 5.74) is 12.2. The molecule has 0 radical (unpaired) electrons. The van der Waals surface area contributed by atoms with Crippen molar-refractivity contribution in [2.75, 3.05) is 0 Å². The Bertz CT molecular complexity index is 1980. The van der Waals surface area contributed by atoms with Crippen LogP contribution in [0, 0.1) is 5.41 Å². The fraction of sp³-hybridized carbons (Fsp3) is 0. The fourth-order valence-corrected chi connectivity index (χ4v) is 6.47. The molecule has 0 amide bonds. The van der Waals surface area contributed by atoms with Crippen LogP contribution in [0.15, 0.2) is 109 Å². The number of nitrogen functional groups attached to an aromatic ring is 1. The molecule has 3 N–H and O–H groups in total. The molecule has 7 aromatic rings. The Morgan fingerprint density at radius 3 is 2.22 bits per heavy atom. The topological polar surface area (TPSA) is 62.8 Å². The number of pyridine rings is 1. The summed E-state index contributed by atoms with van der Waals surface area (Å²) in [6.07, 6.45) is 1.87. The van der Waals surface area contributed by atoms with Crippen LogP contribution in [-0.4, -0.2) is 10.8 Å². The predicted molar refractivity (Wildman–Crippen MR) is 154 cm³/mol. The Hall–Kier alpha value is -4.54. The molecule has 0 aliphatic rings. The van der Waals surface area contributed by atoms with Crippen LogP contribution in [0.1, 0.15) is 5.56 Å². The first-order valence-corrected chi connectivity index (χ1v) is 12.7. The van der Waals surface area contributed by atoms with E-state index in [2.05, 4.69) is 108 Å². The fourth-order valence-electron chi connectivity index (χ4n) is 5.28. The van der Waals surface area contributed by atoms with E-state index in [9.17, 15) is 0 Å². The predicted octanol–water partition coefficient (Wildman–Crippen LogP) is 8.37. The summed E-state index contributed by atoms with van der Waals surface area (Å²) in [5.74, 6) is 0.0609. The summed E-state index contributed by atoms with van der Waals surface area (Å²) in [6.45, 7) is 0. The average Bonchev–Trinajstić information content (AvgIpc) is 3.31. The zero-order valence-electron chi connectivity index (χ0n) is 19.3. The largest absolute Gasteiger partial charge is 0.384 e. The number of rotatable bonds is 3. The van der Waals surface area contributed by atoms with E-state index in [1.165, 1.54) is 26.2 Å². The lowest BCUT2D eigenvalue weighted by molar-refractivity contribution is 1.42. The Morgan fingerprint density at radius 1 is 0.667 bits per heavy atom. The van der Waals surface area contributed by atoms with E-state index in [0.717, 1.165) is 43.4 Å². The quantitative estimate of drug-likeness (QED) is 0.152. The van der Waals surface area contributed by atoms with Gasteiger partial charge in [-0.15, -0.1) is 11.3 Å². The van der Waals surface area contributed by atoms with Gasteiger partial charge in [-0.3, -0.25) is 10.4 Å². The lowest BCUT2D eigenvalue weighted by Crippen LogP contribution is -2.12. The highest BCUT2D eigenvalue weighted by Gasteiger charge is 2.16. The van der Waals surface area contributed by atoms with Crippen molar-refractivity contribution in [1.29, 1.82) is 5.41 Å². The minimum Gasteiger partial charge on any atom is -0.384 e. The van der Waals surface area contributed by atoms with Crippen molar-refractivity contribution in [3.8, 4) is 22.3 Å². The van der Waals surface area contributed by atoms with Crippen LogP contribution in [0.4, 0.5) is 0 Å². The molecular formula is C32H21N3S. The van der Waals surface area contributed by atoms with Gasteiger partial charge in [0.05, 0.1) is 10.2 Å². The van der Waals surface area contributed by atoms with Gasteiger partial charge in [0, 0.05) is 27.4 Å². The first kappa shape index (κ1) is 20.8. The van der Waals surface area contributed by atoms with E-state index in [1.54, 1.807) is 11.3 Å². The molecule has 0 bridgehead atoms. The molecule has 0 spiro atoms. The summed E-state index contributed by atoms with van der Waals surface area (Å²) in [5, 5.41) is 14.4. The van der Waals surface area contributed by atoms with E-state index >= 15 is 0 Å². The Labute approximate surface area is 212 Å². The molecule has 3 nitrogen and oxygen atoms in total. The van der Waals surface area contributed by atoms with Crippen LogP contribution in [0.3, 0.4) is 0 Å². The van der Waals surface area contributed by atoms with E-state index in [-0.39, 0.29) is 5.84 Å². The van der Waals surface area contributed by atoms with E-state index in [0.29, 0.717) is 0 Å². The van der Waals surface area contributed by atoms with Crippen molar-refractivity contribution in [2.45, 2.75) is 0 Å². The number of amidine groups is 1. The average molecular weight is 480 g/mol. The lowest BCUT2D eigenvalue weighted by atomic mass is 9.89. The van der Waals surface area contributed by atoms with E-state index < -0.39 is 0 Å². The maximum Gasteiger partial charge on any atom is 0.123 e. The molecule has 0 aliphatic heterocycles. The van der Waals surface area contributed by atoms with Gasteiger partial charge in [-0.1, -0.05) is 78.9 Å². The smallest absolute Gasteiger partial charge is 0.123 e. The Morgan fingerprint density at radius 2 is 1.39 bits per heavy atom. The summed E-state index contributed by atoms with van der Waals surface area (Å²) in [4.78, 5) is 4.68. The number of hydrogen-bond donors (Lipinski definition) is 2. The number of fused-ring (bicyclic) bond motifs is 6. The Kier molecular flexibility index (Phi) is 4.63. The normalized spacial score (nSPS) is 11.6. The number of nitrogens with zero attached hydrogens (tertiary/aromatic N) is 1. The minimum atomic E-state index is 0.0609. The molecule has 36 heavy (non-hydrogen) atoms. The molecular weight excluding hydrogens is 458 g/mol. The second-order valence-corrected chi connectivity index (χ2v) is 10.1. The monoisotopic (exact) mass is 479 g/mol. The number of nitrogens with two attached hydrogens (primary N) is 1. The SMILES string of the molecule is N=C(N)c1cc(-c2ccnc3c2sc2ccccc23)ccc1-c1cc2ccccc2c2ccccc12. The van der Waals surface area contributed by atoms with E-state index in [4.69, 9.17) is 11.1 Å². The highest BCUT2D eigenvalue weighted by molar-refractivity contribution is 7.26. The van der Waals surface area contributed by atoms with Gasteiger partial charge >= 0.3 is 0 Å². The van der Waals surface area contributed by atoms with Gasteiger partial charge in [0.25, 0.3) is 0 Å². The van der Waals surface area contributed by atoms with E-state index in [1.807, 2.05) is 6.20 Å². The van der Waals surface area contributed by atoms with Crippen molar-refractivity contribution in [2.24, 2.45) is 5.73 Å². The zero-order chi connectivity index (χ0) is 24.2. The van der Waals surface area contributed by atoms with Crippen molar-refractivity contribution in [1.82, 2.24) is 4.98 Å². The number of benzene rings is 5. The van der Waals surface area contributed by atoms with Gasteiger partial charge in [-0.25, -0.2) is 0 Å². The van der Waals surface area contributed by atoms with Gasteiger partial charge in [-0.2, -0.15) is 0 Å². The number of thiophene rings is 1. The van der Waals surface area contributed by atoms with Crippen molar-refractivity contribution >= 4 is 59.0 Å². The molecule has 0 saturated heterocycles. The molecule has 0 saturated carbocycles. The number of hydrogen-bond acceptors (Lipinski definition) is 3. The minimum absolute atomic E-state index is 0.0609. The third kappa shape index (κ3) is 3.12. The molecule has 0 fully saturated rings. The molecule has 0 aliphatic carbocycles. The third-order valence-electron chi connectivity index (χ3n) is 6.94. The first-order valence-electron chi connectivity index (χ1n) is 11.8. The zero-order valence-corrected chi connectivity index (χ0v) is 20.1. The van der Waals surface area contributed by atoms with Crippen LogP contribution < -0.4 is 5.73 Å². The second kappa shape index (κ2) is 8.01. The maximum absolute atomic E-state index is 8.47. The van der Waals surface area contributed by atoms with Gasteiger partial charge < -0.3 is 5.73 Å². The molecule has 2 aromatic heterocycles. The van der Waals surface area contributed by atoms with Gasteiger partial charge in [-0.05, 0) is 62.5 Å². The van der Waals surface area contributed by atoms with Crippen molar-refractivity contribution in [3.63, 3.8) is 0 Å². The second-order valence-electron chi connectivity index (χ2n) is 9.00. The summed E-state index contributed by atoms with van der Waals surface area (Å²) >= 11 is 1.75. The molecule has 5 aromatic carbocycles. The van der Waals surface area contributed by atoms with Crippen molar-refractivity contribution in [3.05, 3.63) is 115 Å². The molecule has 170 valence electrons. The third-order valence-corrected chi connectivity index (χ3v) is 8.13. The number of aromatic nitrogens is 1. The molecule has 0 unspecified atom stereocenters. The number of nitrogens with one attached hydrogen (secondary N) is 1. The Balaban J connectivity index is 1.49. The highest BCUT2D eigenvalue weighted by Crippen LogP contribution is 2.41. The van der Waals surface area contributed by atoms with Crippen LogP contribution in [0.5, 0.6) is 0 Å². The van der Waals surface area contributed by atoms with Gasteiger partial charge in [0.1, 0.15) is 5.84 Å².